The van der Waals surface area contributed by atoms with Gasteiger partial charge in [-0.05, 0) is 51.0 Å². The number of hydrogen-bond donors (Lipinski definition) is 0. The lowest BCUT2D eigenvalue weighted by Crippen LogP contribution is -2.24. The molecule has 0 fully saturated rings. The number of benzene rings is 1. The maximum atomic E-state index is 6.04. The first-order chi connectivity index (χ1) is 8.92. The fourth-order valence-electron chi connectivity index (χ4n) is 2.14. The SMILES string of the molecule is C=CCCC(/C=C(\C)O[Si](C)(C)C)c1ccccc1. The van der Waals surface area contributed by atoms with Crippen LogP contribution in [-0.4, -0.2) is 8.32 Å². The summed E-state index contributed by atoms with van der Waals surface area (Å²) in [6.45, 7) is 12.5. The molecule has 1 aromatic rings. The van der Waals surface area contributed by atoms with Crippen LogP contribution >= 0.6 is 0 Å². The Morgan fingerprint density at radius 1 is 1.26 bits per heavy atom. The predicted molar refractivity (Wildman–Crippen MR) is 86.8 cm³/mol. The third-order valence-corrected chi connectivity index (χ3v) is 3.75. The Morgan fingerprint density at radius 3 is 2.42 bits per heavy atom. The first kappa shape index (κ1) is 15.8. The van der Waals surface area contributed by atoms with Crippen LogP contribution in [0.4, 0.5) is 0 Å². The molecule has 0 saturated carbocycles. The third kappa shape index (κ3) is 6.44. The van der Waals surface area contributed by atoms with Crippen LogP contribution in [0.2, 0.25) is 19.6 Å². The molecule has 1 atom stereocenters. The Bertz CT molecular complexity index is 415. The molecule has 0 heterocycles. The highest BCUT2D eigenvalue weighted by Gasteiger charge is 2.17. The minimum atomic E-state index is -1.51. The van der Waals surface area contributed by atoms with Crippen molar-refractivity contribution in [2.45, 2.75) is 45.3 Å². The molecule has 2 heteroatoms. The molecule has 0 radical (unpaired) electrons. The normalized spacial score (nSPS) is 14.0. The molecular weight excluding hydrogens is 248 g/mol. The average Bonchev–Trinajstić information content (AvgIpc) is 2.33. The predicted octanol–water partition coefficient (Wildman–Crippen LogP) is 5.49. The molecule has 1 unspecified atom stereocenters. The zero-order chi connectivity index (χ0) is 14.3. The number of allylic oxidation sites excluding steroid dienone is 3. The van der Waals surface area contributed by atoms with Gasteiger partial charge in [0.05, 0.1) is 5.76 Å². The van der Waals surface area contributed by atoms with Gasteiger partial charge in [0.25, 0.3) is 0 Å². The van der Waals surface area contributed by atoms with Crippen molar-refractivity contribution in [2.24, 2.45) is 0 Å². The van der Waals surface area contributed by atoms with Crippen molar-refractivity contribution in [2.75, 3.05) is 0 Å². The van der Waals surface area contributed by atoms with Crippen molar-refractivity contribution < 1.29 is 4.43 Å². The minimum absolute atomic E-state index is 0.413. The summed E-state index contributed by atoms with van der Waals surface area (Å²) in [7, 11) is -1.51. The molecule has 0 aliphatic heterocycles. The highest BCUT2D eigenvalue weighted by molar-refractivity contribution is 6.70. The van der Waals surface area contributed by atoms with E-state index in [0.29, 0.717) is 5.92 Å². The summed E-state index contributed by atoms with van der Waals surface area (Å²) in [6, 6.07) is 10.6. The Labute approximate surface area is 119 Å². The van der Waals surface area contributed by atoms with Gasteiger partial charge in [0.1, 0.15) is 0 Å². The van der Waals surface area contributed by atoms with E-state index in [9.17, 15) is 0 Å². The van der Waals surface area contributed by atoms with Gasteiger partial charge in [0.2, 0.25) is 8.32 Å². The molecule has 0 saturated heterocycles. The monoisotopic (exact) mass is 274 g/mol. The van der Waals surface area contributed by atoms with E-state index in [0.717, 1.165) is 18.6 Å². The van der Waals surface area contributed by atoms with Crippen molar-refractivity contribution >= 4 is 8.32 Å². The van der Waals surface area contributed by atoms with Crippen molar-refractivity contribution in [3.05, 3.63) is 60.4 Å². The maximum Gasteiger partial charge on any atom is 0.241 e. The summed E-state index contributed by atoms with van der Waals surface area (Å²) in [5, 5.41) is 0. The second-order valence-electron chi connectivity index (χ2n) is 5.87. The van der Waals surface area contributed by atoms with Crippen molar-refractivity contribution in [3.63, 3.8) is 0 Å². The molecule has 0 aromatic heterocycles. The highest BCUT2D eigenvalue weighted by atomic mass is 28.4. The van der Waals surface area contributed by atoms with E-state index in [4.69, 9.17) is 4.43 Å². The topological polar surface area (TPSA) is 9.23 Å². The van der Waals surface area contributed by atoms with E-state index < -0.39 is 8.32 Å². The molecule has 19 heavy (non-hydrogen) atoms. The van der Waals surface area contributed by atoms with Crippen LogP contribution in [0, 0.1) is 0 Å². The van der Waals surface area contributed by atoms with Gasteiger partial charge < -0.3 is 4.43 Å². The van der Waals surface area contributed by atoms with E-state index in [1.165, 1.54) is 5.56 Å². The summed E-state index contributed by atoms with van der Waals surface area (Å²) in [4.78, 5) is 0. The van der Waals surface area contributed by atoms with E-state index in [1.54, 1.807) is 0 Å². The smallest absolute Gasteiger partial charge is 0.241 e. The van der Waals surface area contributed by atoms with Gasteiger partial charge in [0, 0.05) is 5.92 Å². The van der Waals surface area contributed by atoms with Crippen LogP contribution in [0.1, 0.15) is 31.2 Å². The highest BCUT2D eigenvalue weighted by Crippen LogP contribution is 2.25. The lowest BCUT2D eigenvalue weighted by Gasteiger charge is -2.21. The summed E-state index contributed by atoms with van der Waals surface area (Å²) >= 11 is 0. The lowest BCUT2D eigenvalue weighted by atomic mass is 9.93. The lowest BCUT2D eigenvalue weighted by molar-refractivity contribution is 0.419. The summed E-state index contributed by atoms with van der Waals surface area (Å²) < 4.78 is 6.04. The van der Waals surface area contributed by atoms with Gasteiger partial charge >= 0.3 is 0 Å². The van der Waals surface area contributed by atoms with Crippen LogP contribution < -0.4 is 0 Å². The van der Waals surface area contributed by atoms with Gasteiger partial charge in [-0.25, -0.2) is 0 Å². The van der Waals surface area contributed by atoms with Crippen molar-refractivity contribution in [3.8, 4) is 0 Å². The Hall–Kier alpha value is -1.28. The molecule has 1 nitrogen and oxygen atoms in total. The fourth-order valence-corrected chi connectivity index (χ4v) is 3.18. The average molecular weight is 274 g/mol. The van der Waals surface area contributed by atoms with Gasteiger partial charge in [0.15, 0.2) is 0 Å². The molecular formula is C17H26OSi. The largest absolute Gasteiger partial charge is 0.548 e. The summed E-state index contributed by atoms with van der Waals surface area (Å²) in [5.74, 6) is 1.47. The Kier molecular flexibility index (Phi) is 6.09. The molecule has 0 amide bonds. The number of hydrogen-bond acceptors (Lipinski definition) is 1. The second kappa shape index (κ2) is 7.34. The Morgan fingerprint density at radius 2 is 1.89 bits per heavy atom. The molecule has 0 aliphatic rings. The van der Waals surface area contributed by atoms with Crippen molar-refractivity contribution in [1.29, 1.82) is 0 Å². The minimum Gasteiger partial charge on any atom is -0.548 e. The third-order valence-electron chi connectivity index (χ3n) is 2.81. The molecule has 104 valence electrons. The van der Waals surface area contributed by atoms with Gasteiger partial charge in [-0.15, -0.1) is 6.58 Å². The molecule has 0 spiro atoms. The zero-order valence-electron chi connectivity index (χ0n) is 12.6. The quantitative estimate of drug-likeness (QED) is 0.363. The maximum absolute atomic E-state index is 6.04. The van der Waals surface area contributed by atoms with Crippen LogP contribution in [-0.2, 0) is 4.43 Å². The summed E-state index contributed by atoms with van der Waals surface area (Å²) in [6.07, 6.45) is 6.35. The van der Waals surface area contributed by atoms with E-state index in [-0.39, 0.29) is 0 Å². The van der Waals surface area contributed by atoms with Crippen LogP contribution in [0.3, 0.4) is 0 Å². The van der Waals surface area contributed by atoms with Crippen LogP contribution in [0.15, 0.2) is 54.8 Å². The standard InChI is InChI=1S/C17H26OSi/c1-6-7-11-17(16-12-9-8-10-13-16)14-15(2)18-19(3,4)5/h6,8-10,12-14,17H,1,7,11H2,2-5H3/b15-14+. The zero-order valence-corrected chi connectivity index (χ0v) is 13.6. The molecule has 1 aromatic carbocycles. The molecule has 0 aliphatic carbocycles. The molecule has 0 bridgehead atoms. The van der Waals surface area contributed by atoms with Crippen LogP contribution in [0.5, 0.6) is 0 Å². The van der Waals surface area contributed by atoms with Gasteiger partial charge in [-0.1, -0.05) is 36.4 Å². The van der Waals surface area contributed by atoms with E-state index in [1.807, 2.05) is 6.08 Å². The molecule has 0 N–H and O–H groups in total. The van der Waals surface area contributed by atoms with E-state index >= 15 is 0 Å². The van der Waals surface area contributed by atoms with Gasteiger partial charge in [-0.3, -0.25) is 0 Å². The fraction of sp³-hybridized carbons (Fsp3) is 0.412. The number of rotatable bonds is 7. The van der Waals surface area contributed by atoms with Gasteiger partial charge in [-0.2, -0.15) is 0 Å². The second-order valence-corrected chi connectivity index (χ2v) is 10.3. The Balaban J connectivity index is 2.86. The van der Waals surface area contributed by atoms with E-state index in [2.05, 4.69) is 69.6 Å². The first-order valence-electron chi connectivity index (χ1n) is 6.95. The first-order valence-corrected chi connectivity index (χ1v) is 10.4. The van der Waals surface area contributed by atoms with Crippen molar-refractivity contribution in [1.82, 2.24) is 0 Å². The molecule has 1 rings (SSSR count). The van der Waals surface area contributed by atoms with Crippen LogP contribution in [0.25, 0.3) is 0 Å². The summed E-state index contributed by atoms with van der Waals surface area (Å²) in [5.41, 5.74) is 1.35.